The molecular formula is C4H10N2OS. The van der Waals surface area contributed by atoms with Gasteiger partial charge in [0, 0.05) is 7.05 Å². The molecule has 8 heavy (non-hydrogen) atoms. The standard InChI is InChI=1S/C4H10N2OS/c1-3-7-4(8)6(2)5/h3,5H2,1-2H3. The topological polar surface area (TPSA) is 38.5 Å². The average Bonchev–Trinajstić information content (AvgIpc) is 1.67. The summed E-state index contributed by atoms with van der Waals surface area (Å²) in [5.74, 6) is 5.19. The molecule has 0 saturated heterocycles. The van der Waals surface area contributed by atoms with Crippen molar-refractivity contribution < 1.29 is 4.74 Å². The lowest BCUT2D eigenvalue weighted by Gasteiger charge is -2.11. The Morgan fingerprint density at radius 2 is 2.38 bits per heavy atom. The fourth-order valence-corrected chi connectivity index (χ4v) is 0.343. The number of hydrazine groups is 1. The molecule has 3 nitrogen and oxygen atoms in total. The van der Waals surface area contributed by atoms with E-state index in [9.17, 15) is 0 Å². The number of rotatable bonds is 1. The molecule has 4 heteroatoms. The SMILES string of the molecule is CCOC(=S)N(C)N. The van der Waals surface area contributed by atoms with Crippen molar-refractivity contribution in [1.29, 1.82) is 0 Å². The van der Waals surface area contributed by atoms with Gasteiger partial charge in [-0.05, 0) is 19.1 Å². The Morgan fingerprint density at radius 1 is 1.88 bits per heavy atom. The zero-order valence-electron chi connectivity index (χ0n) is 5.05. The van der Waals surface area contributed by atoms with Gasteiger partial charge in [0.1, 0.15) is 0 Å². The molecular weight excluding hydrogens is 124 g/mol. The van der Waals surface area contributed by atoms with Crippen LogP contribution < -0.4 is 5.84 Å². The molecule has 0 aliphatic heterocycles. The highest BCUT2D eigenvalue weighted by molar-refractivity contribution is 7.79. The largest absolute Gasteiger partial charge is 0.470 e. The monoisotopic (exact) mass is 134 g/mol. The van der Waals surface area contributed by atoms with Crippen molar-refractivity contribution in [2.75, 3.05) is 13.7 Å². The first-order valence-corrected chi connectivity index (χ1v) is 2.74. The molecule has 0 heterocycles. The number of hydrogen-bond donors (Lipinski definition) is 1. The maximum absolute atomic E-state index is 5.19. The van der Waals surface area contributed by atoms with E-state index in [1.165, 1.54) is 5.01 Å². The van der Waals surface area contributed by atoms with Gasteiger partial charge in [0.2, 0.25) is 0 Å². The molecule has 0 unspecified atom stereocenters. The Morgan fingerprint density at radius 3 is 2.50 bits per heavy atom. The van der Waals surface area contributed by atoms with Crippen LogP contribution in [-0.2, 0) is 4.74 Å². The minimum Gasteiger partial charge on any atom is -0.470 e. The molecule has 0 aromatic rings. The second-order valence-corrected chi connectivity index (χ2v) is 1.66. The number of thiocarbonyl (C=S) groups is 1. The van der Waals surface area contributed by atoms with Gasteiger partial charge in [-0.1, -0.05) is 0 Å². The third-order valence-electron chi connectivity index (χ3n) is 0.556. The maximum atomic E-state index is 5.19. The van der Waals surface area contributed by atoms with Gasteiger partial charge in [0.25, 0.3) is 5.17 Å². The van der Waals surface area contributed by atoms with Gasteiger partial charge in [-0.15, -0.1) is 0 Å². The number of ether oxygens (including phenoxy) is 1. The molecule has 0 atom stereocenters. The van der Waals surface area contributed by atoms with Gasteiger partial charge < -0.3 is 4.74 Å². The fourth-order valence-electron chi connectivity index (χ4n) is 0.225. The van der Waals surface area contributed by atoms with Crippen molar-refractivity contribution in [2.24, 2.45) is 5.84 Å². The van der Waals surface area contributed by atoms with Gasteiger partial charge in [0.05, 0.1) is 6.61 Å². The second kappa shape index (κ2) is 3.63. The molecule has 0 amide bonds. The lowest BCUT2D eigenvalue weighted by molar-refractivity contribution is 0.275. The summed E-state index contributed by atoms with van der Waals surface area (Å²) in [7, 11) is 1.64. The van der Waals surface area contributed by atoms with E-state index in [2.05, 4.69) is 12.2 Å². The van der Waals surface area contributed by atoms with E-state index in [4.69, 9.17) is 10.6 Å². The van der Waals surface area contributed by atoms with Gasteiger partial charge in [-0.3, -0.25) is 5.01 Å². The summed E-state index contributed by atoms with van der Waals surface area (Å²) in [5, 5.41) is 1.59. The van der Waals surface area contributed by atoms with Gasteiger partial charge in [-0.25, -0.2) is 5.84 Å². The summed E-state index contributed by atoms with van der Waals surface area (Å²) in [4.78, 5) is 0. The summed E-state index contributed by atoms with van der Waals surface area (Å²) in [6.45, 7) is 2.43. The van der Waals surface area contributed by atoms with E-state index in [0.717, 1.165) is 0 Å². The Balaban J connectivity index is 3.33. The Kier molecular flexibility index (Phi) is 3.47. The molecule has 0 aliphatic rings. The van der Waals surface area contributed by atoms with Crippen LogP contribution in [0.1, 0.15) is 6.92 Å². The molecule has 0 radical (unpaired) electrons. The molecule has 2 N–H and O–H groups in total. The van der Waals surface area contributed by atoms with E-state index in [0.29, 0.717) is 11.8 Å². The van der Waals surface area contributed by atoms with Crippen molar-refractivity contribution >= 4 is 17.4 Å². The molecule has 0 aromatic carbocycles. The lowest BCUT2D eigenvalue weighted by Crippen LogP contribution is -2.33. The third-order valence-corrected chi connectivity index (χ3v) is 0.962. The minimum absolute atomic E-state index is 0.326. The zero-order valence-corrected chi connectivity index (χ0v) is 5.86. The first-order chi connectivity index (χ1) is 3.68. The molecule has 0 spiro atoms. The summed E-state index contributed by atoms with van der Waals surface area (Å²) >= 11 is 4.66. The van der Waals surface area contributed by atoms with Crippen molar-refractivity contribution in [3.8, 4) is 0 Å². The predicted octanol–water partition coefficient (Wildman–Crippen LogP) is 0.113. The quantitative estimate of drug-likeness (QED) is 0.314. The Bertz CT molecular complexity index is 84.1. The van der Waals surface area contributed by atoms with Crippen LogP contribution >= 0.6 is 12.2 Å². The molecule has 0 aliphatic carbocycles. The van der Waals surface area contributed by atoms with Crippen LogP contribution in [0.4, 0.5) is 0 Å². The van der Waals surface area contributed by atoms with Crippen LogP contribution in [-0.4, -0.2) is 23.8 Å². The second-order valence-electron chi connectivity index (χ2n) is 1.31. The Labute approximate surface area is 54.4 Å². The van der Waals surface area contributed by atoms with E-state index in [-0.39, 0.29) is 0 Å². The molecule has 0 rings (SSSR count). The average molecular weight is 134 g/mol. The highest BCUT2D eigenvalue weighted by Crippen LogP contribution is 1.81. The number of nitrogens with two attached hydrogens (primary N) is 1. The first-order valence-electron chi connectivity index (χ1n) is 2.33. The predicted molar refractivity (Wildman–Crippen MR) is 36.2 cm³/mol. The molecule has 48 valence electrons. The van der Waals surface area contributed by atoms with Gasteiger partial charge in [-0.2, -0.15) is 0 Å². The van der Waals surface area contributed by atoms with Crippen LogP contribution in [0, 0.1) is 0 Å². The highest BCUT2D eigenvalue weighted by atomic mass is 32.1. The number of nitrogens with zero attached hydrogens (tertiary/aromatic N) is 1. The lowest BCUT2D eigenvalue weighted by atomic mass is 10.9. The van der Waals surface area contributed by atoms with Crippen LogP contribution in [0.5, 0.6) is 0 Å². The normalized spacial score (nSPS) is 8.38. The van der Waals surface area contributed by atoms with Crippen molar-refractivity contribution in [3.63, 3.8) is 0 Å². The van der Waals surface area contributed by atoms with E-state index in [1.54, 1.807) is 7.05 Å². The van der Waals surface area contributed by atoms with Crippen molar-refractivity contribution in [3.05, 3.63) is 0 Å². The maximum Gasteiger partial charge on any atom is 0.273 e. The highest BCUT2D eigenvalue weighted by Gasteiger charge is 1.94. The molecule has 0 saturated carbocycles. The van der Waals surface area contributed by atoms with Gasteiger partial charge in [0.15, 0.2) is 0 Å². The third kappa shape index (κ3) is 2.76. The molecule has 0 aromatic heterocycles. The number of hydrogen-bond acceptors (Lipinski definition) is 3. The van der Waals surface area contributed by atoms with Crippen molar-refractivity contribution in [1.82, 2.24) is 5.01 Å². The fraction of sp³-hybridized carbons (Fsp3) is 0.750. The summed E-state index contributed by atoms with van der Waals surface area (Å²) in [6, 6.07) is 0. The molecule has 0 bridgehead atoms. The van der Waals surface area contributed by atoms with Crippen LogP contribution in [0.3, 0.4) is 0 Å². The molecule has 0 fully saturated rings. The van der Waals surface area contributed by atoms with E-state index < -0.39 is 0 Å². The van der Waals surface area contributed by atoms with Crippen molar-refractivity contribution in [2.45, 2.75) is 6.92 Å². The van der Waals surface area contributed by atoms with Gasteiger partial charge >= 0.3 is 0 Å². The van der Waals surface area contributed by atoms with Crippen LogP contribution in [0.2, 0.25) is 0 Å². The summed E-state index contributed by atoms with van der Waals surface area (Å²) < 4.78 is 4.84. The zero-order chi connectivity index (χ0) is 6.57. The van der Waals surface area contributed by atoms with E-state index >= 15 is 0 Å². The van der Waals surface area contributed by atoms with E-state index in [1.807, 2.05) is 6.92 Å². The summed E-state index contributed by atoms with van der Waals surface area (Å²) in [6.07, 6.45) is 0. The first kappa shape index (κ1) is 7.65. The van der Waals surface area contributed by atoms with Crippen LogP contribution in [0.15, 0.2) is 0 Å². The van der Waals surface area contributed by atoms with Crippen LogP contribution in [0.25, 0.3) is 0 Å². The minimum atomic E-state index is 0.326. The summed E-state index contributed by atoms with van der Waals surface area (Å²) in [5.41, 5.74) is 0. The Hall–Kier alpha value is -0.350. The smallest absolute Gasteiger partial charge is 0.273 e.